The molecule has 0 radical (unpaired) electrons. The normalized spacial score (nSPS) is 31.5. The van der Waals surface area contributed by atoms with Gasteiger partial charge in [-0.15, -0.1) is 0 Å². The minimum absolute atomic E-state index is 0.0156. The molecule has 1 saturated heterocycles. The third kappa shape index (κ3) is 7.74. The highest BCUT2D eigenvalue weighted by Gasteiger charge is 2.39. The maximum atomic E-state index is 9.75. The Kier molecular flexibility index (Phi) is 10.7. The van der Waals surface area contributed by atoms with Crippen molar-refractivity contribution in [2.24, 2.45) is 17.3 Å². The van der Waals surface area contributed by atoms with Crippen LogP contribution in [0.3, 0.4) is 0 Å². The Morgan fingerprint density at radius 2 is 1.44 bits per heavy atom. The first-order valence-corrected chi connectivity index (χ1v) is 11.9. The minimum atomic E-state index is -0.0695. The molecule has 2 aliphatic rings. The molecule has 1 heterocycles. The van der Waals surface area contributed by atoms with Crippen LogP contribution in [-0.2, 0) is 9.47 Å². The molecule has 0 spiro atoms. The summed E-state index contributed by atoms with van der Waals surface area (Å²) in [6.45, 7) is 6.25. The highest BCUT2D eigenvalue weighted by molar-refractivity contribution is 5.01. The Bertz CT molecular complexity index is 415. The first-order chi connectivity index (χ1) is 13.2. The van der Waals surface area contributed by atoms with Gasteiger partial charge in [-0.1, -0.05) is 71.6 Å². The van der Waals surface area contributed by atoms with E-state index >= 15 is 0 Å². The summed E-state index contributed by atoms with van der Waals surface area (Å²) in [5.74, 6) is 1.08. The molecule has 3 nitrogen and oxygen atoms in total. The lowest BCUT2D eigenvalue weighted by Gasteiger charge is -2.40. The van der Waals surface area contributed by atoms with Gasteiger partial charge < -0.3 is 9.47 Å². The number of unbranched alkanes of at least 4 members (excludes halogenated alkanes) is 7. The van der Waals surface area contributed by atoms with E-state index in [9.17, 15) is 5.26 Å². The predicted molar refractivity (Wildman–Crippen MR) is 111 cm³/mol. The molecule has 0 amide bonds. The zero-order valence-corrected chi connectivity index (χ0v) is 18.0. The SMILES string of the molecule is CCCCCCCC1COC([C@H]2CC[C@](C#N)(CCCCCC)CC2)OC1. The molecule has 0 atom stereocenters. The van der Waals surface area contributed by atoms with Gasteiger partial charge in [0.05, 0.1) is 24.7 Å². The molecular weight excluding hydrogens is 334 g/mol. The molecule has 0 unspecified atom stereocenters. The summed E-state index contributed by atoms with van der Waals surface area (Å²) in [6, 6.07) is 2.68. The smallest absolute Gasteiger partial charge is 0.160 e. The predicted octanol–water partition coefficient (Wildman–Crippen LogP) is 7.01. The van der Waals surface area contributed by atoms with Gasteiger partial charge in [-0.25, -0.2) is 0 Å². The van der Waals surface area contributed by atoms with Crippen LogP contribution in [0.4, 0.5) is 0 Å². The molecule has 0 aromatic carbocycles. The average Bonchev–Trinajstić information content (AvgIpc) is 2.72. The second-order valence-corrected chi connectivity index (χ2v) is 9.14. The summed E-state index contributed by atoms with van der Waals surface area (Å²) in [5, 5.41) is 9.75. The van der Waals surface area contributed by atoms with Crippen molar-refractivity contribution in [3.63, 3.8) is 0 Å². The summed E-state index contributed by atoms with van der Waals surface area (Å²) < 4.78 is 12.2. The molecule has 0 aromatic rings. The van der Waals surface area contributed by atoms with Crippen LogP contribution in [-0.4, -0.2) is 19.5 Å². The molecular formula is C24H43NO2. The van der Waals surface area contributed by atoms with Gasteiger partial charge >= 0.3 is 0 Å². The van der Waals surface area contributed by atoms with Crippen LogP contribution in [0.5, 0.6) is 0 Å². The third-order valence-corrected chi connectivity index (χ3v) is 6.83. The highest BCUT2D eigenvalue weighted by Crippen LogP contribution is 2.44. The van der Waals surface area contributed by atoms with Gasteiger partial charge in [0.1, 0.15) is 0 Å². The van der Waals surface area contributed by atoms with E-state index in [1.54, 1.807) is 0 Å². The molecule has 1 saturated carbocycles. The zero-order chi connectivity index (χ0) is 19.4. The number of ether oxygens (including phenoxy) is 2. The molecule has 2 fully saturated rings. The second kappa shape index (κ2) is 12.8. The van der Waals surface area contributed by atoms with Gasteiger partial charge in [-0.3, -0.25) is 0 Å². The number of nitrogens with zero attached hydrogens (tertiary/aromatic N) is 1. The number of hydrogen-bond donors (Lipinski definition) is 0. The Morgan fingerprint density at radius 1 is 0.852 bits per heavy atom. The van der Waals surface area contributed by atoms with Crippen LogP contribution < -0.4 is 0 Å². The summed E-state index contributed by atoms with van der Waals surface area (Å²) >= 11 is 0. The third-order valence-electron chi connectivity index (χ3n) is 6.83. The fourth-order valence-corrected chi connectivity index (χ4v) is 4.81. The van der Waals surface area contributed by atoms with Crippen molar-refractivity contribution in [3.05, 3.63) is 0 Å². The first kappa shape index (κ1) is 22.7. The molecule has 2 rings (SSSR count). The van der Waals surface area contributed by atoms with E-state index in [0.717, 1.165) is 45.3 Å². The van der Waals surface area contributed by atoms with Crippen LogP contribution >= 0.6 is 0 Å². The summed E-state index contributed by atoms with van der Waals surface area (Å²) in [7, 11) is 0. The molecule has 0 aromatic heterocycles. The monoisotopic (exact) mass is 377 g/mol. The fraction of sp³-hybridized carbons (Fsp3) is 0.958. The Morgan fingerprint density at radius 3 is 2.04 bits per heavy atom. The maximum Gasteiger partial charge on any atom is 0.160 e. The van der Waals surface area contributed by atoms with E-state index in [1.807, 2.05) is 0 Å². The van der Waals surface area contributed by atoms with Crippen molar-refractivity contribution in [1.29, 1.82) is 5.26 Å². The van der Waals surface area contributed by atoms with Gasteiger partial charge in [0.2, 0.25) is 0 Å². The van der Waals surface area contributed by atoms with E-state index in [1.165, 1.54) is 64.2 Å². The summed E-state index contributed by atoms with van der Waals surface area (Å²) in [6.07, 6.45) is 18.3. The lowest BCUT2D eigenvalue weighted by atomic mass is 9.68. The molecule has 3 heteroatoms. The molecule has 156 valence electrons. The average molecular weight is 378 g/mol. The second-order valence-electron chi connectivity index (χ2n) is 9.14. The zero-order valence-electron chi connectivity index (χ0n) is 18.0. The Balaban J connectivity index is 1.63. The lowest BCUT2D eigenvalue weighted by molar-refractivity contribution is -0.231. The Hall–Kier alpha value is -0.590. The largest absolute Gasteiger partial charge is 0.352 e. The molecule has 27 heavy (non-hydrogen) atoms. The van der Waals surface area contributed by atoms with Gasteiger partial charge in [0, 0.05) is 11.8 Å². The van der Waals surface area contributed by atoms with Gasteiger partial charge in [0.25, 0.3) is 0 Å². The van der Waals surface area contributed by atoms with Crippen LogP contribution in [0, 0.1) is 28.6 Å². The highest BCUT2D eigenvalue weighted by atomic mass is 16.7. The van der Waals surface area contributed by atoms with Crippen molar-refractivity contribution >= 4 is 0 Å². The van der Waals surface area contributed by atoms with E-state index in [4.69, 9.17) is 9.47 Å². The fourth-order valence-electron chi connectivity index (χ4n) is 4.81. The summed E-state index contributed by atoms with van der Waals surface area (Å²) in [5.41, 5.74) is -0.0695. The van der Waals surface area contributed by atoms with Crippen molar-refractivity contribution < 1.29 is 9.47 Å². The maximum absolute atomic E-state index is 9.75. The van der Waals surface area contributed by atoms with Crippen LogP contribution in [0.2, 0.25) is 0 Å². The number of rotatable bonds is 12. The van der Waals surface area contributed by atoms with Gasteiger partial charge in [-0.2, -0.15) is 5.26 Å². The van der Waals surface area contributed by atoms with Crippen molar-refractivity contribution in [1.82, 2.24) is 0 Å². The van der Waals surface area contributed by atoms with Crippen LogP contribution in [0.1, 0.15) is 110 Å². The van der Waals surface area contributed by atoms with Crippen molar-refractivity contribution in [2.45, 2.75) is 116 Å². The van der Waals surface area contributed by atoms with Crippen molar-refractivity contribution in [2.75, 3.05) is 13.2 Å². The van der Waals surface area contributed by atoms with Gasteiger partial charge in [-0.05, 0) is 38.5 Å². The molecule has 0 bridgehead atoms. The van der Waals surface area contributed by atoms with Gasteiger partial charge in [0.15, 0.2) is 6.29 Å². The molecule has 1 aliphatic heterocycles. The van der Waals surface area contributed by atoms with E-state index in [-0.39, 0.29) is 11.7 Å². The first-order valence-electron chi connectivity index (χ1n) is 11.9. The standard InChI is InChI=1S/C24H43NO2/c1-3-5-7-9-10-12-21-18-26-23(27-19-21)22-13-16-24(20-25,17-14-22)15-11-8-6-4-2/h21-23H,3-19H2,1-2H3/t21?,22-,23?,24+. The number of nitriles is 1. The quantitative estimate of drug-likeness (QED) is 0.344. The van der Waals surface area contributed by atoms with Crippen molar-refractivity contribution in [3.8, 4) is 6.07 Å². The van der Waals surface area contributed by atoms with E-state index < -0.39 is 0 Å². The van der Waals surface area contributed by atoms with E-state index in [0.29, 0.717) is 11.8 Å². The topological polar surface area (TPSA) is 42.2 Å². The minimum Gasteiger partial charge on any atom is -0.352 e. The number of hydrogen-bond acceptors (Lipinski definition) is 3. The Labute approximate surface area is 168 Å². The molecule has 1 aliphatic carbocycles. The van der Waals surface area contributed by atoms with E-state index in [2.05, 4.69) is 19.9 Å². The molecule has 0 N–H and O–H groups in total. The van der Waals surface area contributed by atoms with Crippen LogP contribution in [0.15, 0.2) is 0 Å². The van der Waals surface area contributed by atoms with Crippen LogP contribution in [0.25, 0.3) is 0 Å². The lowest BCUT2D eigenvalue weighted by Crippen LogP contribution is -2.40. The summed E-state index contributed by atoms with van der Waals surface area (Å²) in [4.78, 5) is 0.